The Hall–Kier alpha value is -3.77. The highest BCUT2D eigenvalue weighted by Gasteiger charge is 2.07. The molecule has 4 aromatic carbocycles. The van der Waals surface area contributed by atoms with Gasteiger partial charge in [-0.3, -0.25) is 0 Å². The van der Waals surface area contributed by atoms with Crippen molar-refractivity contribution in [3.63, 3.8) is 0 Å². The van der Waals surface area contributed by atoms with Crippen molar-refractivity contribution >= 4 is 10.8 Å². The van der Waals surface area contributed by atoms with Gasteiger partial charge in [-0.25, -0.2) is 13.2 Å². The van der Waals surface area contributed by atoms with Crippen molar-refractivity contribution in [2.45, 2.75) is 12.8 Å². The molecule has 0 saturated carbocycles. The largest absolute Gasteiger partial charge is 0.206 e. The topological polar surface area (TPSA) is 0 Å². The highest BCUT2D eigenvalue weighted by molar-refractivity contribution is 5.84. The van der Waals surface area contributed by atoms with Crippen molar-refractivity contribution in [3.05, 3.63) is 120 Å². The van der Waals surface area contributed by atoms with E-state index in [4.69, 9.17) is 0 Å². The quantitative estimate of drug-likeness (QED) is 0.241. The molecule has 0 atom stereocenters. The Bertz CT molecular complexity index is 1320. The fourth-order valence-corrected chi connectivity index (χ4v) is 3.41. The van der Waals surface area contributed by atoms with Gasteiger partial charge < -0.3 is 0 Å². The average Bonchev–Trinajstić information content (AvgIpc) is 2.77. The average molecular weight is 412 g/mol. The molecule has 0 N–H and O–H groups in total. The van der Waals surface area contributed by atoms with E-state index in [2.05, 4.69) is 18.4 Å². The van der Waals surface area contributed by atoms with Gasteiger partial charge in [-0.15, -0.1) is 6.58 Å². The maximum Gasteiger partial charge on any atom is 0.159 e. The number of halogens is 3. The summed E-state index contributed by atoms with van der Waals surface area (Å²) in [7, 11) is 0. The third-order valence-corrected chi connectivity index (χ3v) is 5.10. The van der Waals surface area contributed by atoms with E-state index in [1.54, 1.807) is 30.3 Å². The third kappa shape index (κ3) is 4.70. The van der Waals surface area contributed by atoms with Crippen LogP contribution in [0.3, 0.4) is 0 Å². The van der Waals surface area contributed by atoms with Gasteiger partial charge in [0.25, 0.3) is 0 Å². The van der Waals surface area contributed by atoms with Gasteiger partial charge in [0.15, 0.2) is 11.6 Å². The van der Waals surface area contributed by atoms with E-state index in [0.717, 1.165) is 29.5 Å². The molecule has 0 nitrogen and oxygen atoms in total. The van der Waals surface area contributed by atoms with Crippen LogP contribution in [-0.2, 0) is 6.42 Å². The molecular formula is C28H19F3. The van der Waals surface area contributed by atoms with Gasteiger partial charge in [0.2, 0.25) is 0 Å². The van der Waals surface area contributed by atoms with E-state index in [1.165, 1.54) is 12.1 Å². The molecule has 3 heteroatoms. The number of hydrogen-bond acceptors (Lipinski definition) is 0. The van der Waals surface area contributed by atoms with Crippen molar-refractivity contribution in [1.82, 2.24) is 0 Å². The highest BCUT2D eigenvalue weighted by atomic mass is 19.2. The standard InChI is InChI=1S/C28H19F3/c1-2-3-4-20-10-14-25(26(29)16-20)22-11-7-19(8-12-22)5-6-21-9-13-23-17-27(30)28(31)18-24(23)15-21/h2,7-18H,1,3-4H2. The monoisotopic (exact) mass is 412 g/mol. The smallest absolute Gasteiger partial charge is 0.159 e. The van der Waals surface area contributed by atoms with Gasteiger partial charge in [-0.2, -0.15) is 0 Å². The van der Waals surface area contributed by atoms with Gasteiger partial charge in [0.05, 0.1) is 0 Å². The van der Waals surface area contributed by atoms with Crippen LogP contribution in [0.2, 0.25) is 0 Å². The van der Waals surface area contributed by atoms with Crippen molar-refractivity contribution in [3.8, 4) is 23.0 Å². The molecule has 4 aromatic rings. The van der Waals surface area contributed by atoms with E-state index in [9.17, 15) is 13.2 Å². The first-order chi connectivity index (χ1) is 15.0. The van der Waals surface area contributed by atoms with Gasteiger partial charge in [0, 0.05) is 16.7 Å². The minimum absolute atomic E-state index is 0.250. The number of allylic oxidation sites excluding steroid dienone is 1. The van der Waals surface area contributed by atoms with Crippen LogP contribution in [-0.4, -0.2) is 0 Å². The zero-order valence-electron chi connectivity index (χ0n) is 16.8. The first-order valence-electron chi connectivity index (χ1n) is 9.94. The molecular weight excluding hydrogens is 393 g/mol. The SMILES string of the molecule is C=CCCc1ccc(-c2ccc(C#Cc3ccc4cc(F)c(F)cc4c3)cc2)c(F)c1. The van der Waals surface area contributed by atoms with E-state index in [-0.39, 0.29) is 5.82 Å². The second-order valence-corrected chi connectivity index (χ2v) is 7.30. The second-order valence-electron chi connectivity index (χ2n) is 7.30. The van der Waals surface area contributed by atoms with Gasteiger partial charge in [0.1, 0.15) is 5.82 Å². The van der Waals surface area contributed by atoms with Crippen LogP contribution in [0.4, 0.5) is 13.2 Å². The number of aryl methyl sites for hydroxylation is 1. The Balaban J connectivity index is 1.55. The highest BCUT2D eigenvalue weighted by Crippen LogP contribution is 2.25. The first-order valence-corrected chi connectivity index (χ1v) is 9.94. The molecule has 0 unspecified atom stereocenters. The summed E-state index contributed by atoms with van der Waals surface area (Å²) in [5, 5.41) is 1.21. The van der Waals surface area contributed by atoms with E-state index in [0.29, 0.717) is 21.9 Å². The summed E-state index contributed by atoms with van der Waals surface area (Å²) < 4.78 is 41.3. The lowest BCUT2D eigenvalue weighted by atomic mass is 10.00. The molecule has 0 heterocycles. The summed E-state index contributed by atoms with van der Waals surface area (Å²) in [6, 6.07) is 20.2. The van der Waals surface area contributed by atoms with Crippen LogP contribution in [0.5, 0.6) is 0 Å². The third-order valence-electron chi connectivity index (χ3n) is 5.10. The molecule has 0 amide bonds. The number of hydrogen-bond donors (Lipinski definition) is 0. The zero-order chi connectivity index (χ0) is 21.8. The summed E-state index contributed by atoms with van der Waals surface area (Å²) in [6.45, 7) is 3.69. The maximum atomic E-state index is 14.5. The number of rotatable bonds is 4. The summed E-state index contributed by atoms with van der Waals surface area (Å²) in [5.74, 6) is 4.10. The fourth-order valence-electron chi connectivity index (χ4n) is 3.41. The summed E-state index contributed by atoms with van der Waals surface area (Å²) in [5.41, 5.74) is 3.75. The van der Waals surface area contributed by atoms with Gasteiger partial charge in [-0.1, -0.05) is 48.2 Å². The van der Waals surface area contributed by atoms with Gasteiger partial charge >= 0.3 is 0 Å². The Morgan fingerprint density at radius 1 is 0.677 bits per heavy atom. The van der Waals surface area contributed by atoms with Crippen molar-refractivity contribution in [1.29, 1.82) is 0 Å². The normalized spacial score (nSPS) is 10.5. The van der Waals surface area contributed by atoms with Crippen molar-refractivity contribution < 1.29 is 13.2 Å². The van der Waals surface area contributed by atoms with Crippen LogP contribution < -0.4 is 0 Å². The van der Waals surface area contributed by atoms with Gasteiger partial charge in [-0.05, 0) is 77.2 Å². The minimum atomic E-state index is -0.880. The number of benzene rings is 4. The predicted molar refractivity (Wildman–Crippen MR) is 120 cm³/mol. The summed E-state index contributed by atoms with van der Waals surface area (Å²) in [6.07, 6.45) is 3.41. The summed E-state index contributed by atoms with van der Waals surface area (Å²) >= 11 is 0. The molecule has 0 aliphatic rings. The van der Waals surface area contributed by atoms with Crippen molar-refractivity contribution in [2.75, 3.05) is 0 Å². The van der Waals surface area contributed by atoms with Crippen LogP contribution in [0, 0.1) is 29.3 Å². The van der Waals surface area contributed by atoms with Crippen LogP contribution in [0.1, 0.15) is 23.1 Å². The van der Waals surface area contributed by atoms with Crippen LogP contribution >= 0.6 is 0 Å². The Kier molecular flexibility index (Phi) is 5.91. The second kappa shape index (κ2) is 8.93. The maximum absolute atomic E-state index is 14.5. The Morgan fingerprint density at radius 2 is 1.35 bits per heavy atom. The first kappa shape index (κ1) is 20.5. The van der Waals surface area contributed by atoms with E-state index in [1.807, 2.05) is 36.4 Å². The predicted octanol–water partition coefficient (Wildman–Crippen LogP) is 7.44. The Labute approximate surface area is 179 Å². The lowest BCUT2D eigenvalue weighted by Gasteiger charge is -2.06. The van der Waals surface area contributed by atoms with E-state index < -0.39 is 11.6 Å². The molecule has 0 aliphatic heterocycles. The molecule has 0 radical (unpaired) electrons. The molecule has 31 heavy (non-hydrogen) atoms. The lowest BCUT2D eigenvalue weighted by molar-refractivity contribution is 0.511. The fraction of sp³-hybridized carbons (Fsp3) is 0.0714. The molecule has 0 bridgehead atoms. The van der Waals surface area contributed by atoms with Crippen molar-refractivity contribution in [2.24, 2.45) is 0 Å². The Morgan fingerprint density at radius 3 is 2.06 bits per heavy atom. The molecule has 0 fully saturated rings. The lowest BCUT2D eigenvalue weighted by Crippen LogP contribution is -1.90. The minimum Gasteiger partial charge on any atom is -0.206 e. The zero-order valence-corrected chi connectivity index (χ0v) is 16.8. The molecule has 0 saturated heterocycles. The van der Waals surface area contributed by atoms with E-state index >= 15 is 0 Å². The van der Waals surface area contributed by atoms with Crippen LogP contribution in [0.15, 0.2) is 85.5 Å². The number of fused-ring (bicyclic) bond motifs is 1. The molecule has 152 valence electrons. The molecule has 0 aromatic heterocycles. The molecule has 4 rings (SSSR count). The van der Waals surface area contributed by atoms with Crippen LogP contribution in [0.25, 0.3) is 21.9 Å². The molecule has 0 aliphatic carbocycles. The molecule has 0 spiro atoms. The summed E-state index contributed by atoms with van der Waals surface area (Å²) in [4.78, 5) is 0.